The highest BCUT2D eigenvalue weighted by Gasteiger charge is 2.27. The zero-order valence-corrected chi connectivity index (χ0v) is 20.5. The van der Waals surface area contributed by atoms with Crippen LogP contribution >= 0.6 is 11.6 Å². The number of nitrogens with zero attached hydrogens (tertiary/aromatic N) is 4. The van der Waals surface area contributed by atoms with Crippen molar-refractivity contribution in [2.24, 2.45) is 0 Å². The van der Waals surface area contributed by atoms with Crippen LogP contribution in [0.3, 0.4) is 0 Å². The summed E-state index contributed by atoms with van der Waals surface area (Å²) in [6.07, 6.45) is 0.398. The summed E-state index contributed by atoms with van der Waals surface area (Å²) in [6.45, 7) is 7.47. The minimum atomic E-state index is -0.0130. The first-order valence-corrected chi connectivity index (χ1v) is 11.8. The highest BCUT2D eigenvalue weighted by atomic mass is 35.5. The van der Waals surface area contributed by atoms with Crippen molar-refractivity contribution in [3.05, 3.63) is 58.9 Å². The van der Waals surface area contributed by atoms with Gasteiger partial charge in [0, 0.05) is 49.7 Å². The average Bonchev–Trinajstić information content (AvgIpc) is 3.34. The third kappa shape index (κ3) is 5.69. The van der Waals surface area contributed by atoms with Gasteiger partial charge in [0.25, 0.3) is 0 Å². The minimum absolute atomic E-state index is 0.0130. The van der Waals surface area contributed by atoms with Crippen LogP contribution < -0.4 is 10.1 Å². The van der Waals surface area contributed by atoms with E-state index in [1.165, 1.54) is 5.56 Å². The predicted octanol–water partition coefficient (Wildman–Crippen LogP) is 4.41. The molecule has 2 heterocycles. The first-order chi connectivity index (χ1) is 16.4. The molecule has 1 N–H and O–H groups in total. The van der Waals surface area contributed by atoms with Crippen LogP contribution in [0.25, 0.3) is 11.4 Å². The number of carbonyl (C=O) groups excluding carboxylic acids is 1. The second kappa shape index (κ2) is 10.9. The smallest absolute Gasteiger partial charge is 0.244 e. The maximum Gasteiger partial charge on any atom is 0.244 e. The van der Waals surface area contributed by atoms with Crippen molar-refractivity contribution >= 4 is 23.2 Å². The molecule has 1 atom stereocenters. The van der Waals surface area contributed by atoms with Gasteiger partial charge in [-0.1, -0.05) is 46.6 Å². The Balaban J connectivity index is 1.25. The summed E-state index contributed by atoms with van der Waals surface area (Å²) in [5, 5.41) is 8.02. The molecule has 1 unspecified atom stereocenters. The molecule has 1 aliphatic heterocycles. The van der Waals surface area contributed by atoms with Gasteiger partial charge < -0.3 is 19.5 Å². The molecule has 8 nitrogen and oxygen atoms in total. The Kier molecular flexibility index (Phi) is 7.70. The van der Waals surface area contributed by atoms with E-state index in [-0.39, 0.29) is 11.9 Å². The van der Waals surface area contributed by atoms with Gasteiger partial charge in [-0.3, -0.25) is 9.69 Å². The van der Waals surface area contributed by atoms with E-state index < -0.39 is 0 Å². The number of piperazine rings is 1. The van der Waals surface area contributed by atoms with Crippen molar-refractivity contribution in [1.29, 1.82) is 0 Å². The van der Waals surface area contributed by atoms with Crippen molar-refractivity contribution in [2.45, 2.75) is 26.3 Å². The zero-order chi connectivity index (χ0) is 24.1. The molecule has 34 heavy (non-hydrogen) atoms. The van der Waals surface area contributed by atoms with Crippen LogP contribution in [0.2, 0.25) is 5.02 Å². The minimum Gasteiger partial charge on any atom is -0.495 e. The summed E-state index contributed by atoms with van der Waals surface area (Å²) in [5.41, 5.74) is 2.91. The van der Waals surface area contributed by atoms with Crippen LogP contribution in [0, 0.1) is 6.92 Å². The van der Waals surface area contributed by atoms with Gasteiger partial charge >= 0.3 is 0 Å². The maximum atomic E-state index is 12.7. The molecule has 1 fully saturated rings. The number of anilines is 1. The SMILES string of the molecule is COc1ccc(Cl)cc1NCCC(=O)N1CCN(C(C)c2nc(-c3ccc(C)cc3)no2)CC1. The molecule has 0 saturated carbocycles. The second-order valence-corrected chi connectivity index (χ2v) is 8.87. The van der Waals surface area contributed by atoms with Crippen LogP contribution in [0.15, 0.2) is 47.0 Å². The van der Waals surface area contributed by atoms with Crippen LogP contribution in [-0.4, -0.2) is 65.7 Å². The van der Waals surface area contributed by atoms with E-state index in [4.69, 9.17) is 20.9 Å². The lowest BCUT2D eigenvalue weighted by atomic mass is 10.1. The summed E-state index contributed by atoms with van der Waals surface area (Å²) in [5.74, 6) is 2.01. The standard InChI is InChI=1S/C25H30ClN5O3/c1-17-4-6-19(7-5-17)24-28-25(34-29-24)18(2)30-12-14-31(15-13-30)23(32)10-11-27-21-16-20(26)8-9-22(21)33-3/h4-9,16,18,27H,10-15H2,1-3H3. The third-order valence-corrected chi connectivity index (χ3v) is 6.37. The molecule has 0 bridgehead atoms. The highest BCUT2D eigenvalue weighted by Crippen LogP contribution is 2.28. The van der Waals surface area contributed by atoms with E-state index in [9.17, 15) is 4.79 Å². The van der Waals surface area contributed by atoms with Crippen molar-refractivity contribution < 1.29 is 14.1 Å². The zero-order valence-electron chi connectivity index (χ0n) is 19.8. The lowest BCUT2D eigenvalue weighted by Crippen LogP contribution is -2.49. The van der Waals surface area contributed by atoms with Gasteiger partial charge in [-0.05, 0) is 32.0 Å². The fourth-order valence-corrected chi connectivity index (χ4v) is 4.19. The van der Waals surface area contributed by atoms with Crippen LogP contribution in [0.1, 0.15) is 30.8 Å². The maximum absolute atomic E-state index is 12.7. The lowest BCUT2D eigenvalue weighted by molar-refractivity contribution is -0.133. The van der Waals surface area contributed by atoms with Crippen molar-refractivity contribution in [1.82, 2.24) is 19.9 Å². The molecule has 0 radical (unpaired) electrons. The summed E-state index contributed by atoms with van der Waals surface area (Å²) in [4.78, 5) is 21.5. The number of hydrogen-bond donors (Lipinski definition) is 1. The van der Waals surface area contributed by atoms with Gasteiger partial charge in [0.2, 0.25) is 17.6 Å². The van der Waals surface area contributed by atoms with Gasteiger partial charge in [-0.15, -0.1) is 0 Å². The molecule has 2 aromatic carbocycles. The Hall–Kier alpha value is -3.10. The van der Waals surface area contributed by atoms with Crippen molar-refractivity contribution in [3.63, 3.8) is 0 Å². The highest BCUT2D eigenvalue weighted by molar-refractivity contribution is 6.30. The normalized spacial score (nSPS) is 15.2. The number of hydrogen-bond acceptors (Lipinski definition) is 7. The quantitative estimate of drug-likeness (QED) is 0.508. The molecule has 0 spiro atoms. The number of halogens is 1. The second-order valence-electron chi connectivity index (χ2n) is 8.44. The van der Waals surface area contributed by atoms with Gasteiger partial charge in [0.15, 0.2) is 0 Å². The summed E-state index contributed by atoms with van der Waals surface area (Å²) in [6, 6.07) is 13.4. The number of carbonyl (C=O) groups is 1. The van der Waals surface area contributed by atoms with E-state index in [1.807, 2.05) is 36.1 Å². The molecule has 4 rings (SSSR count). The molecule has 1 aromatic heterocycles. The largest absolute Gasteiger partial charge is 0.495 e. The monoisotopic (exact) mass is 483 g/mol. The number of rotatable bonds is 8. The Morgan fingerprint density at radius 1 is 1.18 bits per heavy atom. The fourth-order valence-electron chi connectivity index (χ4n) is 4.02. The van der Waals surface area contributed by atoms with E-state index >= 15 is 0 Å². The summed E-state index contributed by atoms with van der Waals surface area (Å²) >= 11 is 6.07. The van der Waals surface area contributed by atoms with Crippen molar-refractivity contribution in [3.8, 4) is 17.1 Å². The van der Waals surface area contributed by atoms with E-state index in [2.05, 4.69) is 27.3 Å². The predicted molar refractivity (Wildman–Crippen MR) is 132 cm³/mol. The number of ether oxygens (including phenoxy) is 1. The molecule has 9 heteroatoms. The van der Waals surface area contributed by atoms with Gasteiger partial charge in [-0.2, -0.15) is 4.98 Å². The topological polar surface area (TPSA) is 83.7 Å². The third-order valence-electron chi connectivity index (χ3n) is 6.14. The fraction of sp³-hybridized carbons (Fsp3) is 0.400. The molecule has 3 aromatic rings. The molecule has 1 amide bonds. The number of aryl methyl sites for hydroxylation is 1. The number of nitrogens with one attached hydrogen (secondary N) is 1. The Morgan fingerprint density at radius 3 is 2.62 bits per heavy atom. The number of aromatic nitrogens is 2. The molecular weight excluding hydrogens is 454 g/mol. The first kappa shape index (κ1) is 24.0. The Bertz CT molecular complexity index is 1110. The molecule has 1 saturated heterocycles. The molecule has 1 aliphatic rings. The van der Waals surface area contributed by atoms with E-state index in [0.717, 1.165) is 24.3 Å². The Labute approximate surface area is 204 Å². The Morgan fingerprint density at radius 2 is 1.91 bits per heavy atom. The summed E-state index contributed by atoms with van der Waals surface area (Å²) in [7, 11) is 1.61. The van der Waals surface area contributed by atoms with E-state index in [0.29, 0.717) is 48.5 Å². The average molecular weight is 484 g/mol. The number of methoxy groups -OCH3 is 1. The van der Waals surface area contributed by atoms with Crippen LogP contribution in [0.4, 0.5) is 5.69 Å². The van der Waals surface area contributed by atoms with Crippen LogP contribution in [0.5, 0.6) is 5.75 Å². The summed E-state index contributed by atoms with van der Waals surface area (Å²) < 4.78 is 10.9. The molecule has 0 aliphatic carbocycles. The van der Waals surface area contributed by atoms with Gasteiger partial charge in [0.05, 0.1) is 18.8 Å². The number of benzene rings is 2. The van der Waals surface area contributed by atoms with Crippen LogP contribution in [-0.2, 0) is 4.79 Å². The lowest BCUT2D eigenvalue weighted by Gasteiger charge is -2.36. The first-order valence-electron chi connectivity index (χ1n) is 11.4. The number of amides is 1. The van der Waals surface area contributed by atoms with Gasteiger partial charge in [-0.25, -0.2) is 0 Å². The van der Waals surface area contributed by atoms with E-state index in [1.54, 1.807) is 25.3 Å². The van der Waals surface area contributed by atoms with Crippen molar-refractivity contribution in [2.75, 3.05) is 45.2 Å². The molecule has 180 valence electrons. The molecular formula is C25H30ClN5O3. The van der Waals surface area contributed by atoms with Gasteiger partial charge in [0.1, 0.15) is 5.75 Å².